The molecule has 0 radical (unpaired) electrons. The Hall–Kier alpha value is -2.16. The Morgan fingerprint density at radius 2 is 2.00 bits per heavy atom. The minimum atomic E-state index is -0.722. The minimum Gasteiger partial charge on any atom is -0.481 e. The van der Waals surface area contributed by atoms with Gasteiger partial charge in [0.15, 0.2) is 0 Å². The molecule has 1 heterocycles. The van der Waals surface area contributed by atoms with Crippen molar-refractivity contribution in [3.05, 3.63) is 48.2 Å². The lowest BCUT2D eigenvalue weighted by Crippen LogP contribution is -1.92. The van der Waals surface area contributed by atoms with Gasteiger partial charge in [-0.1, -0.05) is 30.3 Å². The predicted octanol–water partition coefficient (Wildman–Crippen LogP) is 3.89. The summed E-state index contributed by atoms with van der Waals surface area (Å²) in [5.41, 5.74) is 1.94. The maximum absolute atomic E-state index is 10.3. The van der Waals surface area contributed by atoms with Gasteiger partial charge in [0.1, 0.15) is 0 Å². The van der Waals surface area contributed by atoms with E-state index in [0.717, 1.165) is 35.9 Å². The molecule has 0 unspecified atom stereocenters. The number of carboxylic acids is 1. The first-order chi connectivity index (χ1) is 9.25. The Bertz CT molecular complexity index is 590. The summed E-state index contributed by atoms with van der Waals surface area (Å²) < 4.78 is 0. The van der Waals surface area contributed by atoms with Crippen LogP contribution in [0.2, 0.25) is 0 Å². The van der Waals surface area contributed by atoms with Crippen molar-refractivity contribution in [2.45, 2.75) is 25.7 Å². The van der Waals surface area contributed by atoms with Gasteiger partial charge in [0.25, 0.3) is 0 Å². The van der Waals surface area contributed by atoms with Crippen LogP contribution in [0.4, 0.5) is 0 Å². The molecule has 1 aromatic heterocycles. The van der Waals surface area contributed by atoms with Crippen LogP contribution in [0, 0.1) is 0 Å². The molecule has 0 atom stereocenters. The predicted molar refractivity (Wildman–Crippen MR) is 76.9 cm³/mol. The summed E-state index contributed by atoms with van der Waals surface area (Å²) in [4.78, 5) is 14.9. The third-order valence-corrected chi connectivity index (χ3v) is 2.92. The summed E-state index contributed by atoms with van der Waals surface area (Å²) in [6.45, 7) is 0. The van der Waals surface area contributed by atoms with E-state index in [9.17, 15) is 4.79 Å². The van der Waals surface area contributed by atoms with E-state index in [1.165, 1.54) is 0 Å². The normalized spacial score (nSPS) is 11.2. The fourth-order valence-electron chi connectivity index (χ4n) is 1.92. The lowest BCUT2D eigenvalue weighted by Gasteiger charge is -1.98. The lowest BCUT2D eigenvalue weighted by molar-refractivity contribution is -0.137. The molecule has 0 aliphatic carbocycles. The summed E-state index contributed by atoms with van der Waals surface area (Å²) in [6, 6.07) is 12.1. The fourth-order valence-corrected chi connectivity index (χ4v) is 1.92. The van der Waals surface area contributed by atoms with Gasteiger partial charge in [0.2, 0.25) is 0 Å². The number of carbonyl (C=O) groups is 1. The number of aromatic nitrogens is 1. The van der Waals surface area contributed by atoms with E-state index in [-0.39, 0.29) is 6.42 Å². The molecule has 0 fully saturated rings. The minimum absolute atomic E-state index is 0.252. The molecule has 3 heteroatoms. The number of nitrogens with zero attached hydrogens (tertiary/aromatic N) is 1. The topological polar surface area (TPSA) is 50.2 Å². The summed E-state index contributed by atoms with van der Waals surface area (Å²) in [5, 5.41) is 9.66. The molecule has 0 bridgehead atoms. The average Bonchev–Trinajstić information content (AvgIpc) is 2.42. The highest BCUT2D eigenvalue weighted by molar-refractivity contribution is 5.79. The first kappa shape index (κ1) is 13.3. The molecule has 2 rings (SSSR count). The third kappa shape index (κ3) is 4.21. The highest BCUT2D eigenvalue weighted by Gasteiger charge is 1.96. The van der Waals surface area contributed by atoms with Crippen molar-refractivity contribution in [1.29, 1.82) is 0 Å². The molecule has 3 nitrogen and oxygen atoms in total. The number of para-hydroxylation sites is 1. The quantitative estimate of drug-likeness (QED) is 0.796. The Labute approximate surface area is 112 Å². The van der Waals surface area contributed by atoms with E-state index in [1.54, 1.807) is 0 Å². The van der Waals surface area contributed by atoms with Crippen LogP contribution in [-0.4, -0.2) is 16.1 Å². The van der Waals surface area contributed by atoms with Crippen molar-refractivity contribution in [2.24, 2.45) is 0 Å². The number of rotatable bonds is 6. The van der Waals surface area contributed by atoms with Gasteiger partial charge >= 0.3 is 5.97 Å². The van der Waals surface area contributed by atoms with Gasteiger partial charge in [-0.05, 0) is 37.5 Å². The molecular weight excluding hydrogens is 238 g/mol. The molecule has 1 N–H and O–H groups in total. The number of benzene rings is 1. The summed E-state index contributed by atoms with van der Waals surface area (Å²) in [5.74, 6) is -0.722. The van der Waals surface area contributed by atoms with Crippen LogP contribution in [0.15, 0.2) is 42.5 Å². The van der Waals surface area contributed by atoms with E-state index in [4.69, 9.17) is 5.11 Å². The van der Waals surface area contributed by atoms with E-state index in [2.05, 4.69) is 17.1 Å². The van der Waals surface area contributed by atoms with E-state index in [1.807, 2.05) is 36.4 Å². The zero-order valence-corrected chi connectivity index (χ0v) is 10.7. The number of hydrogen-bond acceptors (Lipinski definition) is 2. The SMILES string of the molecule is O=C(O)CCCC/C=C\c1ccc2ccccc2n1. The van der Waals surface area contributed by atoms with Crippen molar-refractivity contribution < 1.29 is 9.90 Å². The maximum atomic E-state index is 10.3. The summed E-state index contributed by atoms with van der Waals surface area (Å²) in [6.07, 6.45) is 6.82. The van der Waals surface area contributed by atoms with Crippen LogP contribution in [-0.2, 0) is 4.79 Å². The fraction of sp³-hybridized carbons (Fsp3) is 0.250. The van der Waals surface area contributed by atoms with Crippen molar-refractivity contribution in [3.63, 3.8) is 0 Å². The third-order valence-electron chi connectivity index (χ3n) is 2.92. The number of allylic oxidation sites excluding steroid dienone is 1. The van der Waals surface area contributed by atoms with E-state index in [0.29, 0.717) is 0 Å². The van der Waals surface area contributed by atoms with Gasteiger partial charge in [0.05, 0.1) is 11.2 Å². The van der Waals surface area contributed by atoms with E-state index < -0.39 is 5.97 Å². The highest BCUT2D eigenvalue weighted by Crippen LogP contribution is 2.13. The number of unbranched alkanes of at least 4 members (excludes halogenated alkanes) is 2. The molecule has 0 saturated carbocycles. The molecule has 0 saturated heterocycles. The molecule has 19 heavy (non-hydrogen) atoms. The number of pyridine rings is 1. The van der Waals surface area contributed by atoms with Gasteiger partial charge in [0, 0.05) is 11.8 Å². The Morgan fingerprint density at radius 3 is 2.84 bits per heavy atom. The van der Waals surface area contributed by atoms with E-state index >= 15 is 0 Å². The van der Waals surface area contributed by atoms with Gasteiger partial charge in [-0.3, -0.25) is 4.79 Å². The smallest absolute Gasteiger partial charge is 0.303 e. The van der Waals surface area contributed by atoms with Crippen LogP contribution in [0.25, 0.3) is 17.0 Å². The molecule has 0 spiro atoms. The maximum Gasteiger partial charge on any atom is 0.303 e. The largest absolute Gasteiger partial charge is 0.481 e. The summed E-state index contributed by atoms with van der Waals surface area (Å²) >= 11 is 0. The molecule has 0 amide bonds. The van der Waals surface area contributed by atoms with Crippen LogP contribution >= 0.6 is 0 Å². The van der Waals surface area contributed by atoms with Gasteiger partial charge in [-0.2, -0.15) is 0 Å². The van der Waals surface area contributed by atoms with Crippen LogP contribution in [0.1, 0.15) is 31.4 Å². The van der Waals surface area contributed by atoms with Crippen molar-refractivity contribution in [3.8, 4) is 0 Å². The van der Waals surface area contributed by atoms with Crippen LogP contribution in [0.3, 0.4) is 0 Å². The number of hydrogen-bond donors (Lipinski definition) is 1. The highest BCUT2D eigenvalue weighted by atomic mass is 16.4. The number of fused-ring (bicyclic) bond motifs is 1. The molecule has 2 aromatic rings. The molecular formula is C16H17NO2. The Morgan fingerprint density at radius 1 is 1.16 bits per heavy atom. The Balaban J connectivity index is 1.88. The average molecular weight is 255 g/mol. The molecule has 0 aliphatic heterocycles. The summed E-state index contributed by atoms with van der Waals surface area (Å²) in [7, 11) is 0. The van der Waals surface area contributed by atoms with Crippen molar-refractivity contribution in [2.75, 3.05) is 0 Å². The second kappa shape index (κ2) is 6.69. The standard InChI is InChI=1S/C16H17NO2/c18-16(19)10-4-2-1-3-8-14-12-11-13-7-5-6-9-15(13)17-14/h3,5-9,11-12H,1-2,4,10H2,(H,18,19)/b8-3-. The molecule has 98 valence electrons. The van der Waals surface area contributed by atoms with Gasteiger partial charge in [-0.15, -0.1) is 0 Å². The Kier molecular flexibility index (Phi) is 4.67. The van der Waals surface area contributed by atoms with Gasteiger partial charge < -0.3 is 5.11 Å². The second-order valence-electron chi connectivity index (χ2n) is 4.47. The lowest BCUT2D eigenvalue weighted by atomic mass is 10.1. The monoisotopic (exact) mass is 255 g/mol. The van der Waals surface area contributed by atoms with Gasteiger partial charge in [-0.25, -0.2) is 4.98 Å². The van der Waals surface area contributed by atoms with Crippen LogP contribution < -0.4 is 0 Å². The van der Waals surface area contributed by atoms with Crippen LogP contribution in [0.5, 0.6) is 0 Å². The zero-order valence-electron chi connectivity index (χ0n) is 10.7. The first-order valence-corrected chi connectivity index (χ1v) is 6.50. The van der Waals surface area contributed by atoms with Crippen molar-refractivity contribution in [1.82, 2.24) is 4.98 Å². The first-order valence-electron chi connectivity index (χ1n) is 6.50. The van der Waals surface area contributed by atoms with Crippen molar-refractivity contribution >= 4 is 22.9 Å². The number of aliphatic carboxylic acids is 1. The molecule has 1 aromatic carbocycles. The number of carboxylic acid groups (broad SMARTS) is 1. The molecule has 0 aliphatic rings. The zero-order chi connectivity index (χ0) is 13.5. The second-order valence-corrected chi connectivity index (χ2v) is 4.47.